The molecule has 220 valence electrons. The van der Waals surface area contributed by atoms with Gasteiger partial charge in [0.15, 0.2) is 0 Å². The monoisotopic (exact) mass is 584 g/mol. The Morgan fingerprint density at radius 2 is 1.79 bits per heavy atom. The van der Waals surface area contributed by atoms with Gasteiger partial charge in [-0.3, -0.25) is 9.59 Å². The van der Waals surface area contributed by atoms with E-state index in [0.717, 1.165) is 0 Å². The van der Waals surface area contributed by atoms with E-state index in [0.29, 0.717) is 27.8 Å². The van der Waals surface area contributed by atoms with Gasteiger partial charge in [-0.1, -0.05) is 48.5 Å². The number of hydrogen-bond acceptors (Lipinski definition) is 7. The minimum absolute atomic E-state index is 0.00361. The molecule has 4 atom stereocenters. The fourth-order valence-electron chi connectivity index (χ4n) is 5.88. The van der Waals surface area contributed by atoms with Gasteiger partial charge in [0, 0.05) is 29.6 Å². The lowest BCUT2D eigenvalue weighted by Crippen LogP contribution is -2.56. The van der Waals surface area contributed by atoms with Crippen LogP contribution in [-0.2, 0) is 11.2 Å². The summed E-state index contributed by atoms with van der Waals surface area (Å²) in [5.41, 5.74) is 0.785. The number of carbonyl (C=O) groups excluding carboxylic acids is 2. The van der Waals surface area contributed by atoms with Crippen molar-refractivity contribution in [1.82, 2.24) is 10.2 Å². The SMILES string of the molecule is O=C(NCCO)C1=CC(N(CCc2cccc(F)c2)C(=O)c2cc3ccccc3oc2=O)C(O)C2Oc3ccccc3C12. The summed E-state index contributed by atoms with van der Waals surface area (Å²) >= 11 is 0. The molecular weight excluding hydrogens is 555 g/mol. The summed E-state index contributed by atoms with van der Waals surface area (Å²) in [7, 11) is 0. The van der Waals surface area contributed by atoms with Crippen molar-refractivity contribution in [3.8, 4) is 5.75 Å². The molecule has 0 saturated heterocycles. The Balaban J connectivity index is 1.44. The Bertz CT molecular complexity index is 1780. The fraction of sp³-hybridized carbons (Fsp3) is 0.242. The molecule has 0 spiro atoms. The van der Waals surface area contributed by atoms with Gasteiger partial charge in [-0.05, 0) is 48.4 Å². The average Bonchev–Trinajstić information content (AvgIpc) is 3.40. The Labute approximate surface area is 245 Å². The Morgan fingerprint density at radius 3 is 2.60 bits per heavy atom. The second-order valence-electron chi connectivity index (χ2n) is 10.5. The summed E-state index contributed by atoms with van der Waals surface area (Å²) in [6.07, 6.45) is -0.493. The minimum Gasteiger partial charge on any atom is -0.486 e. The lowest BCUT2D eigenvalue weighted by molar-refractivity contribution is -0.118. The quantitative estimate of drug-likeness (QED) is 0.272. The fourth-order valence-corrected chi connectivity index (χ4v) is 5.88. The number of halogens is 1. The molecule has 6 rings (SSSR count). The zero-order valence-corrected chi connectivity index (χ0v) is 23.0. The zero-order chi connectivity index (χ0) is 30.1. The lowest BCUT2D eigenvalue weighted by atomic mass is 9.77. The summed E-state index contributed by atoms with van der Waals surface area (Å²) < 4.78 is 25.6. The van der Waals surface area contributed by atoms with E-state index >= 15 is 0 Å². The first kappa shape index (κ1) is 28.3. The Hall–Kier alpha value is -4.80. The van der Waals surface area contributed by atoms with Gasteiger partial charge in [0.05, 0.1) is 18.6 Å². The summed E-state index contributed by atoms with van der Waals surface area (Å²) in [6.45, 7) is -0.297. The number of nitrogens with one attached hydrogen (secondary N) is 1. The van der Waals surface area contributed by atoms with Crippen LogP contribution in [-0.4, -0.2) is 64.9 Å². The number of aliphatic hydroxyl groups excluding tert-OH is 2. The third-order valence-corrected chi connectivity index (χ3v) is 7.90. The number of ether oxygens (including phenoxy) is 1. The van der Waals surface area contributed by atoms with Gasteiger partial charge in [0.1, 0.15) is 34.9 Å². The molecule has 1 aliphatic carbocycles. The van der Waals surface area contributed by atoms with Gasteiger partial charge in [-0.2, -0.15) is 0 Å². The van der Waals surface area contributed by atoms with E-state index in [1.54, 1.807) is 54.6 Å². The highest BCUT2D eigenvalue weighted by molar-refractivity contribution is 5.98. The summed E-state index contributed by atoms with van der Waals surface area (Å²) in [5, 5.41) is 24.3. The third-order valence-electron chi connectivity index (χ3n) is 7.90. The number of carbonyl (C=O) groups is 2. The summed E-state index contributed by atoms with van der Waals surface area (Å²) in [6, 6.07) is 20.2. The van der Waals surface area contributed by atoms with Crippen LogP contribution in [0.15, 0.2) is 99.7 Å². The maximum absolute atomic E-state index is 14.2. The van der Waals surface area contributed by atoms with Crippen LogP contribution in [0.4, 0.5) is 4.39 Å². The maximum atomic E-state index is 14.2. The molecule has 0 saturated carbocycles. The molecule has 0 fully saturated rings. The molecule has 1 aromatic heterocycles. The second-order valence-corrected chi connectivity index (χ2v) is 10.5. The lowest BCUT2D eigenvalue weighted by Gasteiger charge is -2.40. The molecule has 2 aliphatic rings. The van der Waals surface area contributed by atoms with E-state index in [4.69, 9.17) is 9.15 Å². The first-order valence-corrected chi connectivity index (χ1v) is 14.0. The van der Waals surface area contributed by atoms with Crippen LogP contribution in [0.25, 0.3) is 11.0 Å². The van der Waals surface area contributed by atoms with Crippen LogP contribution in [0.3, 0.4) is 0 Å². The standard InChI is InChI=1S/C33H29FN2O7/c34-21-8-5-6-19(16-21)12-14-36(32(40)24-17-20-7-1-3-10-26(20)43-33(24)41)25-18-23(31(39)35-13-15-37)28-22-9-2-4-11-27(22)42-30(28)29(25)38/h1-11,16-18,25,28-30,37-38H,12-15H2,(H,35,39). The Morgan fingerprint density at radius 1 is 1.00 bits per heavy atom. The molecule has 4 aromatic rings. The number of fused-ring (bicyclic) bond motifs is 4. The molecular formula is C33H29FN2O7. The predicted molar refractivity (Wildman–Crippen MR) is 155 cm³/mol. The average molecular weight is 585 g/mol. The van der Waals surface area contributed by atoms with E-state index < -0.39 is 47.4 Å². The number of aliphatic hydroxyl groups is 2. The van der Waals surface area contributed by atoms with Crippen LogP contribution in [0.1, 0.15) is 27.4 Å². The van der Waals surface area contributed by atoms with E-state index in [9.17, 15) is 29.0 Å². The van der Waals surface area contributed by atoms with Crippen molar-refractivity contribution in [2.75, 3.05) is 19.7 Å². The number of rotatable bonds is 8. The van der Waals surface area contributed by atoms with Crippen molar-refractivity contribution in [3.63, 3.8) is 0 Å². The predicted octanol–water partition coefficient (Wildman–Crippen LogP) is 2.94. The molecule has 1 aliphatic heterocycles. The van der Waals surface area contributed by atoms with Gasteiger partial charge >= 0.3 is 5.63 Å². The zero-order valence-electron chi connectivity index (χ0n) is 23.0. The van der Waals surface area contributed by atoms with Crippen molar-refractivity contribution in [2.45, 2.75) is 30.6 Å². The van der Waals surface area contributed by atoms with E-state index in [1.807, 2.05) is 6.07 Å². The molecule has 4 unspecified atom stereocenters. The molecule has 9 nitrogen and oxygen atoms in total. The summed E-state index contributed by atoms with van der Waals surface area (Å²) in [4.78, 5) is 41.9. The molecule has 3 aromatic carbocycles. The molecule has 3 N–H and O–H groups in total. The van der Waals surface area contributed by atoms with Gasteiger partial charge in [0.25, 0.3) is 5.91 Å². The number of para-hydroxylation sites is 2. The highest BCUT2D eigenvalue weighted by Gasteiger charge is 2.50. The topological polar surface area (TPSA) is 129 Å². The largest absolute Gasteiger partial charge is 0.486 e. The van der Waals surface area contributed by atoms with Crippen LogP contribution in [0.5, 0.6) is 5.75 Å². The number of nitrogens with zero attached hydrogens (tertiary/aromatic N) is 1. The van der Waals surface area contributed by atoms with Crippen LogP contribution in [0.2, 0.25) is 0 Å². The van der Waals surface area contributed by atoms with Crippen molar-refractivity contribution in [1.29, 1.82) is 0 Å². The molecule has 2 amide bonds. The molecule has 43 heavy (non-hydrogen) atoms. The maximum Gasteiger partial charge on any atom is 0.349 e. The molecule has 0 radical (unpaired) electrons. The van der Waals surface area contributed by atoms with E-state index in [2.05, 4.69) is 5.32 Å². The number of benzene rings is 3. The highest BCUT2D eigenvalue weighted by atomic mass is 19.1. The van der Waals surface area contributed by atoms with Crippen LogP contribution >= 0.6 is 0 Å². The van der Waals surface area contributed by atoms with Gasteiger partial charge in [-0.25, -0.2) is 9.18 Å². The smallest absolute Gasteiger partial charge is 0.349 e. The van der Waals surface area contributed by atoms with Crippen molar-refractivity contribution < 1.29 is 33.3 Å². The first-order valence-electron chi connectivity index (χ1n) is 14.0. The van der Waals surface area contributed by atoms with Gasteiger partial charge < -0.3 is 29.6 Å². The van der Waals surface area contributed by atoms with Crippen molar-refractivity contribution >= 4 is 22.8 Å². The number of amides is 2. The van der Waals surface area contributed by atoms with Crippen molar-refractivity contribution in [3.05, 3.63) is 123 Å². The molecule has 0 bridgehead atoms. The second kappa shape index (κ2) is 11.8. The first-order chi connectivity index (χ1) is 20.9. The van der Waals surface area contributed by atoms with Crippen molar-refractivity contribution in [2.24, 2.45) is 0 Å². The minimum atomic E-state index is -1.30. The van der Waals surface area contributed by atoms with Gasteiger partial charge in [0.2, 0.25) is 5.91 Å². The molecule has 10 heteroatoms. The third kappa shape index (κ3) is 5.42. The van der Waals surface area contributed by atoms with Gasteiger partial charge in [-0.15, -0.1) is 0 Å². The van der Waals surface area contributed by atoms with E-state index in [-0.39, 0.29) is 37.3 Å². The van der Waals surface area contributed by atoms with Crippen LogP contribution in [0, 0.1) is 5.82 Å². The Kier molecular flexibility index (Phi) is 7.79. The normalized spacial score (nSPS) is 20.5. The number of hydrogen-bond donors (Lipinski definition) is 3. The molecule has 2 heterocycles. The highest BCUT2D eigenvalue weighted by Crippen LogP contribution is 2.47. The van der Waals surface area contributed by atoms with E-state index in [1.165, 1.54) is 29.2 Å². The summed E-state index contributed by atoms with van der Waals surface area (Å²) in [5.74, 6) is -1.77. The van der Waals surface area contributed by atoms with Crippen LogP contribution < -0.4 is 15.7 Å².